The first-order valence-electron chi connectivity index (χ1n) is 5.55. The first-order chi connectivity index (χ1) is 8.86. The highest BCUT2D eigenvalue weighted by atomic mass is 35.5. The van der Waals surface area contributed by atoms with Gasteiger partial charge in [-0.05, 0) is 18.6 Å². The lowest BCUT2D eigenvalue weighted by Gasteiger charge is -2.13. The molecule has 0 aromatic heterocycles. The van der Waals surface area contributed by atoms with Gasteiger partial charge in [0.1, 0.15) is 0 Å². The van der Waals surface area contributed by atoms with Gasteiger partial charge in [0.15, 0.2) is 6.10 Å². The van der Waals surface area contributed by atoms with Crippen molar-refractivity contribution in [1.29, 1.82) is 0 Å². The maximum Gasteiger partial charge on any atom is 0.345 e. The minimum Gasteiger partial charge on any atom is -0.479 e. The van der Waals surface area contributed by atoms with Crippen molar-refractivity contribution in [2.45, 2.75) is 25.9 Å². The van der Waals surface area contributed by atoms with Crippen molar-refractivity contribution in [3.05, 3.63) is 27.7 Å². The molecule has 1 rings (SSSR count). The number of ether oxygens (including phenoxy) is 1. The van der Waals surface area contributed by atoms with Crippen LogP contribution in [-0.4, -0.2) is 23.1 Å². The molecule has 19 heavy (non-hydrogen) atoms. The van der Waals surface area contributed by atoms with Crippen LogP contribution in [0.4, 0.5) is 5.69 Å². The Morgan fingerprint density at radius 3 is 2.53 bits per heavy atom. The summed E-state index contributed by atoms with van der Waals surface area (Å²) in [5.74, 6) is -1.99. The third kappa shape index (κ3) is 4.01. The number of carbonyl (C=O) groups is 2. The monoisotopic (exact) mass is 305 g/mol. The predicted octanol–water partition coefficient (Wildman–Crippen LogP) is 2.99. The van der Waals surface area contributed by atoms with Gasteiger partial charge in [-0.1, -0.05) is 36.5 Å². The standard InChI is InChI=1S/C12H13Cl2NO4/c1-2-3-9(11(16)17)19-12(18)6-4-7(13)10(14)8(15)5-6/h4-5,9H,2-3,15H2,1H3,(H,16,17). The Kier molecular flexibility index (Phi) is 5.44. The average molecular weight is 306 g/mol. The number of hydrogen-bond donors (Lipinski definition) is 2. The molecule has 104 valence electrons. The normalized spacial score (nSPS) is 11.9. The molecule has 3 N–H and O–H groups in total. The van der Waals surface area contributed by atoms with E-state index in [1.165, 1.54) is 12.1 Å². The van der Waals surface area contributed by atoms with E-state index in [-0.39, 0.29) is 27.7 Å². The highest BCUT2D eigenvalue weighted by molar-refractivity contribution is 6.43. The van der Waals surface area contributed by atoms with E-state index in [9.17, 15) is 9.59 Å². The third-order valence-electron chi connectivity index (χ3n) is 2.37. The maximum atomic E-state index is 11.8. The number of nitrogens with two attached hydrogens (primary N) is 1. The van der Waals surface area contributed by atoms with Gasteiger partial charge in [0.2, 0.25) is 0 Å². The second-order valence-electron chi connectivity index (χ2n) is 3.88. The number of halogens is 2. The van der Waals surface area contributed by atoms with Gasteiger partial charge in [-0.3, -0.25) is 0 Å². The molecular weight excluding hydrogens is 293 g/mol. The Morgan fingerprint density at radius 1 is 1.42 bits per heavy atom. The summed E-state index contributed by atoms with van der Waals surface area (Å²) in [4.78, 5) is 22.7. The molecule has 0 fully saturated rings. The lowest BCUT2D eigenvalue weighted by atomic mass is 10.2. The molecule has 1 unspecified atom stereocenters. The first kappa shape index (κ1) is 15.6. The van der Waals surface area contributed by atoms with Crippen molar-refractivity contribution in [3.63, 3.8) is 0 Å². The summed E-state index contributed by atoms with van der Waals surface area (Å²) in [6, 6.07) is 2.58. The van der Waals surface area contributed by atoms with E-state index in [0.29, 0.717) is 6.42 Å². The van der Waals surface area contributed by atoms with Gasteiger partial charge < -0.3 is 15.6 Å². The van der Waals surface area contributed by atoms with E-state index >= 15 is 0 Å². The molecule has 1 atom stereocenters. The number of rotatable bonds is 5. The average Bonchev–Trinajstić information content (AvgIpc) is 2.34. The fourth-order valence-electron chi connectivity index (χ4n) is 1.42. The van der Waals surface area contributed by atoms with Crippen molar-refractivity contribution in [1.82, 2.24) is 0 Å². The van der Waals surface area contributed by atoms with Gasteiger partial charge in [-0.25, -0.2) is 9.59 Å². The molecule has 0 bridgehead atoms. The molecule has 1 aromatic rings. The summed E-state index contributed by atoms with van der Waals surface area (Å²) in [7, 11) is 0. The summed E-state index contributed by atoms with van der Waals surface area (Å²) in [6.45, 7) is 1.79. The van der Waals surface area contributed by atoms with Gasteiger partial charge in [0.05, 0.1) is 21.3 Å². The van der Waals surface area contributed by atoms with E-state index in [1.54, 1.807) is 6.92 Å². The summed E-state index contributed by atoms with van der Waals surface area (Å²) in [5.41, 5.74) is 5.76. The Labute approximate surface area is 120 Å². The summed E-state index contributed by atoms with van der Waals surface area (Å²) in [5, 5.41) is 9.15. The Morgan fingerprint density at radius 2 is 2.05 bits per heavy atom. The second-order valence-corrected chi connectivity index (χ2v) is 4.67. The Hall–Kier alpha value is -1.46. The molecule has 0 saturated carbocycles. The molecule has 0 saturated heterocycles. The number of carboxylic acids is 1. The van der Waals surface area contributed by atoms with Crippen LogP contribution in [-0.2, 0) is 9.53 Å². The molecule has 0 amide bonds. The SMILES string of the molecule is CCCC(OC(=O)c1cc(N)c(Cl)c(Cl)c1)C(=O)O. The highest BCUT2D eigenvalue weighted by Crippen LogP contribution is 2.29. The summed E-state index contributed by atoms with van der Waals surface area (Å²) in [6.07, 6.45) is -0.376. The fourth-order valence-corrected chi connectivity index (χ4v) is 1.76. The van der Waals surface area contributed by atoms with Crippen molar-refractivity contribution in [2.24, 2.45) is 0 Å². The fraction of sp³-hybridized carbons (Fsp3) is 0.333. The van der Waals surface area contributed by atoms with Crippen LogP contribution in [0.25, 0.3) is 0 Å². The van der Waals surface area contributed by atoms with Crippen LogP contribution in [0.3, 0.4) is 0 Å². The van der Waals surface area contributed by atoms with Crippen molar-refractivity contribution < 1.29 is 19.4 Å². The molecule has 0 aliphatic carbocycles. The molecule has 0 aliphatic rings. The van der Waals surface area contributed by atoms with E-state index < -0.39 is 18.0 Å². The number of carbonyl (C=O) groups excluding carboxylic acids is 1. The van der Waals surface area contributed by atoms with Crippen LogP contribution in [0.1, 0.15) is 30.1 Å². The van der Waals surface area contributed by atoms with Crippen LogP contribution >= 0.6 is 23.2 Å². The smallest absolute Gasteiger partial charge is 0.345 e. The second kappa shape index (κ2) is 6.63. The Bertz CT molecular complexity index is 481. The lowest BCUT2D eigenvalue weighted by molar-refractivity contribution is -0.147. The number of carboxylic acid groups (broad SMARTS) is 1. The van der Waals surface area contributed by atoms with Gasteiger partial charge >= 0.3 is 11.9 Å². The molecule has 7 heteroatoms. The number of nitrogen functional groups attached to an aromatic ring is 1. The number of anilines is 1. The number of hydrogen-bond acceptors (Lipinski definition) is 4. The highest BCUT2D eigenvalue weighted by Gasteiger charge is 2.22. The van der Waals surface area contributed by atoms with Crippen molar-refractivity contribution in [3.8, 4) is 0 Å². The minimum atomic E-state index is -1.19. The van der Waals surface area contributed by atoms with E-state index in [2.05, 4.69) is 0 Å². The zero-order chi connectivity index (χ0) is 14.6. The van der Waals surface area contributed by atoms with Crippen molar-refractivity contribution in [2.75, 3.05) is 5.73 Å². The van der Waals surface area contributed by atoms with E-state index in [4.69, 9.17) is 38.8 Å². The molecule has 0 aliphatic heterocycles. The van der Waals surface area contributed by atoms with Gasteiger partial charge in [0, 0.05) is 0 Å². The van der Waals surface area contributed by atoms with Gasteiger partial charge in [0.25, 0.3) is 0 Å². The van der Waals surface area contributed by atoms with Crippen LogP contribution in [0.15, 0.2) is 12.1 Å². The van der Waals surface area contributed by atoms with Crippen LogP contribution in [0.2, 0.25) is 10.0 Å². The van der Waals surface area contributed by atoms with Gasteiger partial charge in [-0.15, -0.1) is 0 Å². The molecule has 0 radical (unpaired) electrons. The number of benzene rings is 1. The molecular formula is C12H13Cl2NO4. The summed E-state index contributed by atoms with van der Waals surface area (Å²) < 4.78 is 4.89. The Balaban J connectivity index is 2.91. The molecule has 1 aromatic carbocycles. The van der Waals surface area contributed by atoms with E-state index in [1.807, 2.05) is 0 Å². The van der Waals surface area contributed by atoms with Crippen LogP contribution in [0, 0.1) is 0 Å². The minimum absolute atomic E-state index is 0.0641. The zero-order valence-electron chi connectivity index (χ0n) is 10.2. The molecule has 0 spiro atoms. The van der Waals surface area contributed by atoms with Gasteiger partial charge in [-0.2, -0.15) is 0 Å². The zero-order valence-corrected chi connectivity index (χ0v) is 11.7. The topological polar surface area (TPSA) is 89.6 Å². The lowest BCUT2D eigenvalue weighted by Crippen LogP contribution is -2.26. The first-order valence-corrected chi connectivity index (χ1v) is 6.30. The van der Waals surface area contributed by atoms with Crippen LogP contribution < -0.4 is 5.73 Å². The number of aliphatic carboxylic acids is 1. The third-order valence-corrected chi connectivity index (χ3v) is 3.18. The largest absolute Gasteiger partial charge is 0.479 e. The summed E-state index contributed by atoms with van der Waals surface area (Å²) >= 11 is 11.5. The number of esters is 1. The molecule has 5 nitrogen and oxygen atoms in total. The maximum absolute atomic E-state index is 11.8. The van der Waals surface area contributed by atoms with E-state index in [0.717, 1.165) is 0 Å². The molecule has 0 heterocycles. The van der Waals surface area contributed by atoms with Crippen LogP contribution in [0.5, 0.6) is 0 Å². The predicted molar refractivity (Wildman–Crippen MR) is 72.6 cm³/mol. The quantitative estimate of drug-likeness (QED) is 0.645. The van der Waals surface area contributed by atoms with Crippen molar-refractivity contribution >= 4 is 40.8 Å².